The highest BCUT2D eigenvalue weighted by Crippen LogP contribution is 2.37. The zero-order chi connectivity index (χ0) is 10.3. The maximum Gasteiger partial charge on any atom is 0.185 e. The Kier molecular flexibility index (Phi) is 2.56. The molecule has 0 saturated carbocycles. The second-order valence-electron chi connectivity index (χ2n) is 2.66. The molecule has 0 amide bonds. The average Bonchev–Trinajstić information content (AvgIpc) is 2.58. The summed E-state index contributed by atoms with van der Waals surface area (Å²) >= 11 is 15.1. The third-order valence-electron chi connectivity index (χ3n) is 1.78. The van der Waals surface area contributed by atoms with Crippen molar-refractivity contribution in [1.82, 2.24) is 0 Å². The molecule has 0 bridgehead atoms. The van der Waals surface area contributed by atoms with E-state index in [1.54, 1.807) is 12.1 Å². The van der Waals surface area contributed by atoms with Crippen molar-refractivity contribution in [3.8, 4) is 0 Å². The van der Waals surface area contributed by atoms with Gasteiger partial charge in [0.1, 0.15) is 0 Å². The van der Waals surface area contributed by atoms with Gasteiger partial charge in [-0.3, -0.25) is 4.79 Å². The maximum atomic E-state index is 10.5. The van der Waals surface area contributed by atoms with E-state index in [9.17, 15) is 4.79 Å². The molecule has 0 radical (unpaired) electrons. The van der Waals surface area contributed by atoms with Gasteiger partial charge in [0.15, 0.2) is 17.6 Å². The molecule has 14 heavy (non-hydrogen) atoms. The maximum absolute atomic E-state index is 10.5. The van der Waals surface area contributed by atoms with Gasteiger partial charge in [0.2, 0.25) is 0 Å². The molecule has 0 unspecified atom stereocenters. The third-order valence-corrected chi connectivity index (χ3v) is 3.33. The van der Waals surface area contributed by atoms with Crippen LogP contribution >= 0.6 is 39.1 Å². The van der Waals surface area contributed by atoms with Crippen LogP contribution in [0.15, 0.2) is 21.0 Å². The molecular weight excluding hydrogens is 291 g/mol. The van der Waals surface area contributed by atoms with Gasteiger partial charge in [-0.1, -0.05) is 23.2 Å². The van der Waals surface area contributed by atoms with Gasteiger partial charge in [-0.2, -0.15) is 0 Å². The first-order valence-electron chi connectivity index (χ1n) is 3.65. The molecule has 0 saturated heterocycles. The second kappa shape index (κ2) is 3.57. The van der Waals surface area contributed by atoms with Gasteiger partial charge in [0.05, 0.1) is 10.0 Å². The van der Waals surface area contributed by atoms with Gasteiger partial charge in [-0.05, 0) is 28.1 Å². The third kappa shape index (κ3) is 1.45. The molecule has 0 spiro atoms. The van der Waals surface area contributed by atoms with Crippen LogP contribution in [0.4, 0.5) is 0 Å². The Morgan fingerprint density at radius 3 is 2.71 bits per heavy atom. The van der Waals surface area contributed by atoms with Crippen molar-refractivity contribution in [2.24, 2.45) is 0 Å². The van der Waals surface area contributed by atoms with E-state index in [0.717, 1.165) is 0 Å². The normalized spacial score (nSPS) is 10.8. The van der Waals surface area contributed by atoms with E-state index in [0.29, 0.717) is 31.8 Å². The minimum absolute atomic E-state index is 0.210. The van der Waals surface area contributed by atoms with Gasteiger partial charge in [-0.15, -0.1) is 0 Å². The molecule has 1 aromatic heterocycles. The molecule has 0 aliphatic rings. The lowest BCUT2D eigenvalue weighted by Crippen LogP contribution is -1.72. The summed E-state index contributed by atoms with van der Waals surface area (Å²) in [5.74, 6) is 0.210. The highest BCUT2D eigenvalue weighted by Gasteiger charge is 2.13. The number of aldehydes is 1. The van der Waals surface area contributed by atoms with Crippen molar-refractivity contribution in [2.45, 2.75) is 0 Å². The van der Waals surface area contributed by atoms with Gasteiger partial charge < -0.3 is 4.42 Å². The van der Waals surface area contributed by atoms with E-state index < -0.39 is 0 Å². The van der Waals surface area contributed by atoms with E-state index in [1.165, 1.54) is 0 Å². The molecular formula is C9H3BrCl2O2. The summed E-state index contributed by atoms with van der Waals surface area (Å²) in [6.07, 6.45) is 0.612. The van der Waals surface area contributed by atoms with Crippen LogP contribution in [0.5, 0.6) is 0 Å². The Bertz CT molecular complexity index is 519. The fourth-order valence-electron chi connectivity index (χ4n) is 1.18. The number of hydrogen-bond acceptors (Lipinski definition) is 2. The van der Waals surface area contributed by atoms with Crippen molar-refractivity contribution in [3.05, 3.63) is 32.4 Å². The summed E-state index contributed by atoms with van der Waals surface area (Å²) in [5, 5.41) is 1.54. The van der Waals surface area contributed by atoms with E-state index in [1.807, 2.05) is 0 Å². The smallest absolute Gasteiger partial charge is 0.185 e. The molecule has 2 nitrogen and oxygen atoms in total. The molecule has 0 atom stereocenters. The summed E-state index contributed by atoms with van der Waals surface area (Å²) in [4.78, 5) is 10.5. The number of rotatable bonds is 1. The summed E-state index contributed by atoms with van der Waals surface area (Å²) in [5.41, 5.74) is 0.432. The highest BCUT2D eigenvalue weighted by atomic mass is 79.9. The van der Waals surface area contributed by atoms with E-state index >= 15 is 0 Å². The molecule has 1 aromatic carbocycles. The Labute approximate surface area is 97.9 Å². The van der Waals surface area contributed by atoms with Crippen molar-refractivity contribution in [2.75, 3.05) is 0 Å². The highest BCUT2D eigenvalue weighted by molar-refractivity contribution is 9.10. The molecule has 2 rings (SSSR count). The van der Waals surface area contributed by atoms with Crippen LogP contribution in [0.25, 0.3) is 11.0 Å². The summed E-state index contributed by atoms with van der Waals surface area (Å²) in [6, 6.07) is 3.19. The molecule has 0 aliphatic carbocycles. The van der Waals surface area contributed by atoms with Crippen LogP contribution in [-0.4, -0.2) is 6.29 Å². The van der Waals surface area contributed by atoms with E-state index in [2.05, 4.69) is 15.9 Å². The number of carbonyl (C=O) groups is 1. The number of benzene rings is 1. The molecule has 1 heterocycles. The SMILES string of the molecule is O=Cc1cc2c(Cl)c(Br)cc(Cl)c2o1. The first-order valence-corrected chi connectivity index (χ1v) is 5.20. The topological polar surface area (TPSA) is 30.2 Å². The zero-order valence-electron chi connectivity index (χ0n) is 6.68. The number of carbonyl (C=O) groups excluding carboxylic acids is 1. The predicted octanol–water partition coefficient (Wildman–Crippen LogP) is 4.31. The number of fused-ring (bicyclic) bond motifs is 1. The number of furan rings is 1. The van der Waals surface area contributed by atoms with Crippen molar-refractivity contribution >= 4 is 56.4 Å². The lowest BCUT2D eigenvalue weighted by molar-refractivity contribution is 0.110. The zero-order valence-corrected chi connectivity index (χ0v) is 9.78. The quantitative estimate of drug-likeness (QED) is 0.579. The number of halogens is 3. The monoisotopic (exact) mass is 292 g/mol. The summed E-state index contributed by atoms with van der Waals surface area (Å²) in [7, 11) is 0. The first kappa shape index (κ1) is 10.0. The largest absolute Gasteiger partial charge is 0.452 e. The van der Waals surface area contributed by atoms with Crippen LogP contribution in [-0.2, 0) is 0 Å². The van der Waals surface area contributed by atoms with E-state index in [4.69, 9.17) is 27.6 Å². The summed E-state index contributed by atoms with van der Waals surface area (Å²) < 4.78 is 5.85. The molecule has 2 aromatic rings. The van der Waals surface area contributed by atoms with Crippen molar-refractivity contribution in [3.63, 3.8) is 0 Å². The minimum Gasteiger partial charge on any atom is -0.452 e. The molecule has 0 fully saturated rings. The fourth-order valence-corrected chi connectivity index (χ4v) is 2.20. The lowest BCUT2D eigenvalue weighted by atomic mass is 10.2. The Hall–Kier alpha value is -0.510. The molecule has 0 N–H and O–H groups in total. The van der Waals surface area contributed by atoms with Crippen molar-refractivity contribution < 1.29 is 9.21 Å². The average molecular weight is 294 g/mol. The molecule has 72 valence electrons. The van der Waals surface area contributed by atoms with Crippen LogP contribution < -0.4 is 0 Å². The molecule has 5 heteroatoms. The molecule has 0 aliphatic heterocycles. The van der Waals surface area contributed by atoms with Crippen LogP contribution in [0.3, 0.4) is 0 Å². The van der Waals surface area contributed by atoms with Crippen LogP contribution in [0.1, 0.15) is 10.6 Å². The minimum atomic E-state index is 0.210. The van der Waals surface area contributed by atoms with E-state index in [-0.39, 0.29) is 5.76 Å². The van der Waals surface area contributed by atoms with Crippen LogP contribution in [0, 0.1) is 0 Å². The van der Waals surface area contributed by atoms with Crippen LogP contribution in [0.2, 0.25) is 10.0 Å². The summed E-state index contributed by atoms with van der Waals surface area (Å²) in [6.45, 7) is 0. The first-order chi connectivity index (χ1) is 6.63. The Morgan fingerprint density at radius 1 is 1.36 bits per heavy atom. The second-order valence-corrected chi connectivity index (χ2v) is 4.30. The standard InChI is InChI=1S/C9H3BrCl2O2/c10-6-2-7(11)9-5(8(6)12)1-4(3-13)14-9/h1-3H. The van der Waals surface area contributed by atoms with Crippen molar-refractivity contribution in [1.29, 1.82) is 0 Å². The fraction of sp³-hybridized carbons (Fsp3) is 0. The Morgan fingerprint density at radius 2 is 2.07 bits per heavy atom. The van der Waals surface area contributed by atoms with Gasteiger partial charge in [-0.25, -0.2) is 0 Å². The van der Waals surface area contributed by atoms with Gasteiger partial charge in [0, 0.05) is 9.86 Å². The van der Waals surface area contributed by atoms with Gasteiger partial charge >= 0.3 is 0 Å². The van der Waals surface area contributed by atoms with Gasteiger partial charge in [0.25, 0.3) is 0 Å². The lowest BCUT2D eigenvalue weighted by Gasteiger charge is -1.98. The Balaban J connectivity index is 2.90. The predicted molar refractivity (Wildman–Crippen MR) is 59.3 cm³/mol. The number of hydrogen-bond donors (Lipinski definition) is 0.